The summed E-state index contributed by atoms with van der Waals surface area (Å²) in [5.41, 5.74) is 0. The van der Waals surface area contributed by atoms with E-state index in [4.69, 9.17) is 23.2 Å². The second-order valence-electron chi connectivity index (χ2n) is 4.68. The van der Waals surface area contributed by atoms with Gasteiger partial charge in [-0.25, -0.2) is 4.98 Å². The van der Waals surface area contributed by atoms with Crippen molar-refractivity contribution < 1.29 is 4.79 Å². The molecule has 20 heavy (non-hydrogen) atoms. The number of aromatic nitrogens is 1. The molecule has 1 aromatic heterocycles. The molecule has 0 bridgehead atoms. The van der Waals surface area contributed by atoms with E-state index < -0.39 is 0 Å². The summed E-state index contributed by atoms with van der Waals surface area (Å²) in [5.74, 6) is 1.20. The predicted molar refractivity (Wildman–Crippen MR) is 82.9 cm³/mol. The maximum Gasteiger partial charge on any atom is 0.239 e. The van der Waals surface area contributed by atoms with E-state index in [2.05, 4.69) is 22.5 Å². The molecular formula is C13H18Cl2N4O. The van der Waals surface area contributed by atoms with Gasteiger partial charge in [0.1, 0.15) is 11.6 Å². The molecule has 7 heteroatoms. The topological polar surface area (TPSA) is 57.3 Å². The third-order valence-corrected chi connectivity index (χ3v) is 3.58. The molecule has 0 spiro atoms. The number of amides is 1. The summed E-state index contributed by atoms with van der Waals surface area (Å²) < 4.78 is 0. The minimum absolute atomic E-state index is 0.0154. The first-order valence-corrected chi connectivity index (χ1v) is 7.49. The highest BCUT2D eigenvalue weighted by Crippen LogP contribution is 2.31. The number of hydrogen-bond donors (Lipinski definition) is 2. The first-order valence-electron chi connectivity index (χ1n) is 6.73. The molecule has 0 radical (unpaired) electrons. The van der Waals surface area contributed by atoms with E-state index in [0.717, 1.165) is 25.9 Å². The monoisotopic (exact) mass is 316 g/mol. The van der Waals surface area contributed by atoms with Crippen molar-refractivity contribution in [3.8, 4) is 0 Å². The van der Waals surface area contributed by atoms with Crippen molar-refractivity contribution in [2.75, 3.05) is 36.4 Å². The van der Waals surface area contributed by atoms with Crippen LogP contribution in [0.3, 0.4) is 0 Å². The van der Waals surface area contributed by atoms with Crippen LogP contribution in [0.1, 0.15) is 19.8 Å². The summed E-state index contributed by atoms with van der Waals surface area (Å²) in [5, 5.41) is 6.95. The van der Waals surface area contributed by atoms with Crippen molar-refractivity contribution in [3.63, 3.8) is 0 Å². The lowest BCUT2D eigenvalue weighted by Gasteiger charge is -2.22. The minimum atomic E-state index is -0.0154. The summed E-state index contributed by atoms with van der Waals surface area (Å²) in [6, 6.07) is 1.67. The van der Waals surface area contributed by atoms with Crippen LogP contribution >= 0.6 is 23.2 Å². The van der Waals surface area contributed by atoms with Gasteiger partial charge in [-0.05, 0) is 18.9 Å². The normalized spacial score (nSPS) is 15.8. The van der Waals surface area contributed by atoms with Crippen LogP contribution in [-0.4, -0.2) is 37.1 Å². The van der Waals surface area contributed by atoms with E-state index in [0.29, 0.717) is 28.2 Å². The second-order valence-corrected chi connectivity index (χ2v) is 5.49. The summed E-state index contributed by atoms with van der Waals surface area (Å²) >= 11 is 12.4. The Labute approximate surface area is 128 Å². The second kappa shape index (κ2) is 6.99. The predicted octanol–water partition coefficient (Wildman–Crippen LogP) is 2.54. The van der Waals surface area contributed by atoms with Gasteiger partial charge in [-0.3, -0.25) is 4.79 Å². The smallest absolute Gasteiger partial charge is 0.239 e. The van der Waals surface area contributed by atoms with Gasteiger partial charge in [0.15, 0.2) is 0 Å². The van der Waals surface area contributed by atoms with E-state index in [-0.39, 0.29) is 12.5 Å². The Morgan fingerprint density at radius 1 is 1.45 bits per heavy atom. The van der Waals surface area contributed by atoms with E-state index in [9.17, 15) is 4.79 Å². The number of anilines is 2. The molecule has 0 saturated carbocycles. The molecule has 0 atom stereocenters. The van der Waals surface area contributed by atoms with E-state index in [1.807, 2.05) is 4.90 Å². The van der Waals surface area contributed by atoms with Crippen molar-refractivity contribution in [1.82, 2.24) is 10.3 Å². The Balaban J connectivity index is 2.27. The van der Waals surface area contributed by atoms with Crippen LogP contribution in [0.15, 0.2) is 6.07 Å². The fourth-order valence-corrected chi connectivity index (χ4v) is 2.58. The molecule has 1 aliphatic heterocycles. The Bertz CT molecular complexity index is 496. The molecule has 1 aliphatic rings. The Morgan fingerprint density at radius 3 is 3.00 bits per heavy atom. The molecule has 0 aromatic carbocycles. The van der Waals surface area contributed by atoms with Crippen molar-refractivity contribution in [1.29, 1.82) is 0 Å². The minimum Gasteiger partial charge on any atom is -0.369 e. The highest BCUT2D eigenvalue weighted by molar-refractivity contribution is 6.37. The van der Waals surface area contributed by atoms with Gasteiger partial charge in [-0.1, -0.05) is 30.1 Å². The van der Waals surface area contributed by atoms with Crippen LogP contribution in [0.25, 0.3) is 0 Å². The van der Waals surface area contributed by atoms with E-state index in [1.54, 1.807) is 6.07 Å². The van der Waals surface area contributed by atoms with Crippen molar-refractivity contribution in [2.24, 2.45) is 0 Å². The highest BCUT2D eigenvalue weighted by atomic mass is 35.5. The zero-order chi connectivity index (χ0) is 14.5. The van der Waals surface area contributed by atoms with Crippen molar-refractivity contribution in [2.45, 2.75) is 19.8 Å². The quantitative estimate of drug-likeness (QED) is 0.896. The number of rotatable bonds is 4. The Morgan fingerprint density at radius 2 is 2.25 bits per heavy atom. The van der Waals surface area contributed by atoms with Gasteiger partial charge in [-0.15, -0.1) is 0 Å². The van der Waals surface area contributed by atoms with Crippen molar-refractivity contribution >= 4 is 40.7 Å². The number of carbonyl (C=O) groups is 1. The number of nitrogens with zero attached hydrogens (tertiary/aromatic N) is 2. The maximum absolute atomic E-state index is 11.6. The van der Waals surface area contributed by atoms with Gasteiger partial charge < -0.3 is 15.5 Å². The average molecular weight is 317 g/mol. The zero-order valence-electron chi connectivity index (χ0n) is 11.4. The third kappa shape index (κ3) is 3.67. The third-order valence-electron chi connectivity index (χ3n) is 3.01. The first kappa shape index (κ1) is 15.2. The molecule has 2 rings (SSSR count). The maximum atomic E-state index is 11.6. The Kier molecular flexibility index (Phi) is 5.31. The molecule has 0 unspecified atom stereocenters. The standard InChI is InChI=1S/C13H18Cl2N4O/c1-2-4-17-12-9(14)7-10(15)13(18-12)19-6-3-5-16-11(20)8-19/h7H,2-6,8H2,1H3,(H,16,20)(H,17,18). The number of nitrogens with one attached hydrogen (secondary N) is 2. The number of pyridine rings is 1. The number of carbonyl (C=O) groups excluding carboxylic acids is 1. The van der Waals surface area contributed by atoms with Crippen LogP contribution in [0.4, 0.5) is 11.6 Å². The van der Waals surface area contributed by atoms with Crippen LogP contribution in [0, 0.1) is 0 Å². The van der Waals surface area contributed by atoms with Gasteiger partial charge in [0.05, 0.1) is 16.6 Å². The summed E-state index contributed by atoms with van der Waals surface area (Å²) in [7, 11) is 0. The lowest BCUT2D eigenvalue weighted by atomic mass is 10.3. The van der Waals surface area contributed by atoms with Gasteiger partial charge in [0.2, 0.25) is 5.91 Å². The lowest BCUT2D eigenvalue weighted by molar-refractivity contribution is -0.119. The molecular weight excluding hydrogens is 299 g/mol. The fourth-order valence-electron chi connectivity index (χ4n) is 2.03. The SMILES string of the molecule is CCCNc1nc(N2CCCNC(=O)C2)c(Cl)cc1Cl. The fraction of sp³-hybridized carbons (Fsp3) is 0.538. The molecule has 0 aliphatic carbocycles. The van der Waals surface area contributed by atoms with Crippen LogP contribution in [0.2, 0.25) is 10.0 Å². The summed E-state index contributed by atoms with van der Waals surface area (Å²) in [4.78, 5) is 18.0. The Hall–Kier alpha value is -1.20. The summed E-state index contributed by atoms with van der Waals surface area (Å²) in [6.07, 6.45) is 1.84. The van der Waals surface area contributed by atoms with Crippen molar-refractivity contribution in [3.05, 3.63) is 16.1 Å². The van der Waals surface area contributed by atoms with E-state index in [1.165, 1.54) is 0 Å². The number of hydrogen-bond acceptors (Lipinski definition) is 4. The molecule has 1 saturated heterocycles. The number of halogens is 2. The molecule has 1 amide bonds. The van der Waals surface area contributed by atoms with Crippen LogP contribution < -0.4 is 15.5 Å². The molecule has 5 nitrogen and oxygen atoms in total. The first-order chi connectivity index (χ1) is 9.61. The molecule has 1 fully saturated rings. The van der Waals surface area contributed by atoms with E-state index >= 15 is 0 Å². The summed E-state index contributed by atoms with van der Waals surface area (Å²) in [6.45, 7) is 4.54. The van der Waals surface area contributed by atoms with Gasteiger partial charge >= 0.3 is 0 Å². The van der Waals surface area contributed by atoms with Gasteiger partial charge in [0.25, 0.3) is 0 Å². The molecule has 1 aromatic rings. The highest BCUT2D eigenvalue weighted by Gasteiger charge is 2.20. The zero-order valence-corrected chi connectivity index (χ0v) is 12.9. The largest absolute Gasteiger partial charge is 0.369 e. The molecule has 2 N–H and O–H groups in total. The van der Waals surface area contributed by atoms with Crippen LogP contribution in [0.5, 0.6) is 0 Å². The molecule has 110 valence electrons. The van der Waals surface area contributed by atoms with Gasteiger partial charge in [-0.2, -0.15) is 0 Å². The average Bonchev–Trinajstić information content (AvgIpc) is 2.62. The van der Waals surface area contributed by atoms with Gasteiger partial charge in [0, 0.05) is 19.6 Å². The molecule has 2 heterocycles. The van der Waals surface area contributed by atoms with Crippen LogP contribution in [-0.2, 0) is 4.79 Å². The lowest BCUT2D eigenvalue weighted by Crippen LogP contribution is -2.33.